The third-order valence-electron chi connectivity index (χ3n) is 24.1. The summed E-state index contributed by atoms with van der Waals surface area (Å²) in [5, 5.41) is 44.6. The van der Waals surface area contributed by atoms with E-state index in [0.717, 1.165) is 120 Å². The topological polar surface area (TPSA) is 118 Å². The molecule has 0 amide bonds. The Morgan fingerprint density at radius 2 is 0.519 bits per heavy atom. The Balaban J connectivity index is 0.000000102. The van der Waals surface area contributed by atoms with Crippen molar-refractivity contribution in [2.75, 3.05) is 7.11 Å². The second kappa shape index (κ2) is 22.7. The average molecular weight is 1100 g/mol. The summed E-state index contributed by atoms with van der Waals surface area (Å²) in [6.07, 6.45) is 34.9. The molecule has 438 valence electrons. The zero-order valence-corrected chi connectivity index (χ0v) is 50.4. The Morgan fingerprint density at radius 3 is 0.704 bits per heavy atom. The first kappa shape index (κ1) is 56.1. The molecule has 0 heterocycles. The van der Waals surface area contributed by atoms with Crippen molar-refractivity contribution in [3.05, 3.63) is 117 Å². The van der Waals surface area contributed by atoms with Crippen molar-refractivity contribution in [3.8, 4) is 23.0 Å². The van der Waals surface area contributed by atoms with Crippen LogP contribution in [-0.4, -0.2) is 44.6 Å². The Morgan fingerprint density at radius 1 is 0.321 bits per heavy atom. The zero-order valence-electron chi connectivity index (χ0n) is 50.4. The molecule has 8 heteroatoms. The molecule has 16 bridgehead atoms. The fourth-order valence-electron chi connectivity index (χ4n) is 22.0. The van der Waals surface area contributed by atoms with Gasteiger partial charge in [0.15, 0.2) is 0 Å². The van der Waals surface area contributed by atoms with E-state index in [1.54, 1.807) is 7.11 Å². The SMILES string of the molecule is COc1ccc(CNC23CC4CC(CC(C4)C2)C3)cc1C.Cc1cc(CNC23CC4CC(CC(C4)C2)C3)ccc1O.Cc1cc(CNC23CC4CC(CC(C4)C2)C3)ccc1O.Cc1cc(CNC23CC4CC(CC(C4)C2)C3)ccc1O. The van der Waals surface area contributed by atoms with Crippen molar-refractivity contribution in [1.29, 1.82) is 0 Å². The van der Waals surface area contributed by atoms with Crippen LogP contribution < -0.4 is 26.0 Å². The number of hydrogen-bond donors (Lipinski definition) is 7. The number of hydrogen-bond acceptors (Lipinski definition) is 8. The molecule has 8 nitrogen and oxygen atoms in total. The molecule has 0 spiro atoms. The second-order valence-corrected chi connectivity index (χ2v) is 30.9. The standard InChI is InChI=1S/C19H27NO.3C18H25NO/c1-13-5-14(3-4-18(13)21-2)12-20-19-9-15-6-16(10-19)8-17(7-15)11-19;3*1-12-4-13(2-3-17(12)20)11-19-18-8-14-5-15(9-18)7-16(6-14)10-18/h3-5,15-17,20H,6-12H2,1-2H3;3*2-4,14-16,19-20H,5-11H2,1H3. The lowest BCUT2D eigenvalue weighted by atomic mass is 9.53. The van der Waals surface area contributed by atoms with Crippen LogP contribution >= 0.6 is 0 Å². The number of rotatable bonds is 13. The summed E-state index contributed by atoms with van der Waals surface area (Å²) in [6, 6.07) is 24.6. The molecule has 0 radical (unpaired) electrons. The lowest BCUT2D eigenvalue weighted by Gasteiger charge is -2.57. The Hall–Kier alpha value is -4.08. The van der Waals surface area contributed by atoms with Gasteiger partial charge in [0, 0.05) is 48.3 Å². The molecule has 16 aliphatic carbocycles. The third-order valence-corrected chi connectivity index (χ3v) is 24.1. The lowest BCUT2D eigenvalue weighted by Crippen LogP contribution is -2.58. The van der Waals surface area contributed by atoms with Gasteiger partial charge < -0.3 is 41.3 Å². The maximum Gasteiger partial charge on any atom is 0.121 e. The van der Waals surface area contributed by atoms with Gasteiger partial charge in [0.1, 0.15) is 23.0 Å². The average Bonchev–Trinajstić information content (AvgIpc) is 3.52. The number of phenolic OH excluding ortho intramolecular Hbond substituents is 3. The molecule has 81 heavy (non-hydrogen) atoms. The highest BCUT2D eigenvalue weighted by molar-refractivity contribution is 5.38. The Bertz CT molecular complexity index is 2500. The summed E-state index contributed by atoms with van der Waals surface area (Å²) in [6.45, 7) is 11.9. The molecule has 20 rings (SSSR count). The minimum Gasteiger partial charge on any atom is -0.508 e. The predicted octanol–water partition coefficient (Wildman–Crippen LogP) is 15.3. The first-order chi connectivity index (χ1) is 39.0. The van der Waals surface area contributed by atoms with Gasteiger partial charge in [-0.1, -0.05) is 48.5 Å². The smallest absolute Gasteiger partial charge is 0.121 e. The molecule has 16 saturated carbocycles. The molecule has 0 aromatic heterocycles. The first-order valence-corrected chi connectivity index (χ1v) is 33.0. The largest absolute Gasteiger partial charge is 0.508 e. The van der Waals surface area contributed by atoms with Crippen molar-refractivity contribution in [3.63, 3.8) is 0 Å². The Labute approximate surface area is 487 Å². The number of methoxy groups -OCH3 is 1. The Kier molecular flexibility index (Phi) is 15.7. The van der Waals surface area contributed by atoms with Gasteiger partial charge in [0.2, 0.25) is 0 Å². The van der Waals surface area contributed by atoms with E-state index >= 15 is 0 Å². The van der Waals surface area contributed by atoms with Gasteiger partial charge in [0.25, 0.3) is 0 Å². The highest BCUT2D eigenvalue weighted by Gasteiger charge is 2.54. The zero-order chi connectivity index (χ0) is 55.7. The number of benzene rings is 4. The van der Waals surface area contributed by atoms with E-state index in [-0.39, 0.29) is 0 Å². The van der Waals surface area contributed by atoms with E-state index < -0.39 is 0 Å². The highest BCUT2D eigenvalue weighted by atomic mass is 16.5. The maximum atomic E-state index is 9.62. The van der Waals surface area contributed by atoms with Gasteiger partial charge in [-0.05, 0) is 322 Å². The van der Waals surface area contributed by atoms with Crippen LogP contribution in [-0.2, 0) is 26.2 Å². The van der Waals surface area contributed by atoms with Crippen LogP contribution in [0.25, 0.3) is 0 Å². The predicted molar refractivity (Wildman–Crippen MR) is 327 cm³/mol. The highest BCUT2D eigenvalue weighted by Crippen LogP contribution is 2.59. The van der Waals surface area contributed by atoms with E-state index in [0.29, 0.717) is 39.4 Å². The number of nitrogens with one attached hydrogen (secondary N) is 4. The van der Waals surface area contributed by atoms with Crippen molar-refractivity contribution in [2.45, 2.75) is 230 Å². The van der Waals surface area contributed by atoms with Crippen molar-refractivity contribution < 1.29 is 20.1 Å². The summed E-state index contributed by atoms with van der Waals surface area (Å²) in [4.78, 5) is 0. The van der Waals surface area contributed by atoms with Gasteiger partial charge >= 0.3 is 0 Å². The van der Waals surface area contributed by atoms with Crippen LogP contribution in [0.2, 0.25) is 0 Å². The molecule has 0 atom stereocenters. The lowest BCUT2D eigenvalue weighted by molar-refractivity contribution is -0.0207. The first-order valence-electron chi connectivity index (χ1n) is 33.0. The van der Waals surface area contributed by atoms with Gasteiger partial charge in [-0.3, -0.25) is 0 Å². The summed E-state index contributed by atoms with van der Waals surface area (Å²) >= 11 is 0. The van der Waals surface area contributed by atoms with Crippen LogP contribution in [0.15, 0.2) is 72.8 Å². The fourth-order valence-corrected chi connectivity index (χ4v) is 22.0. The molecular weight excluding hydrogens is 997 g/mol. The monoisotopic (exact) mass is 1100 g/mol. The van der Waals surface area contributed by atoms with Crippen LogP contribution in [0.3, 0.4) is 0 Å². The minimum atomic E-state index is 0.406. The van der Waals surface area contributed by atoms with E-state index in [1.807, 2.05) is 39.0 Å². The fraction of sp³-hybridized carbons (Fsp3) is 0.671. The number of ether oxygens (including phenoxy) is 1. The van der Waals surface area contributed by atoms with Gasteiger partial charge in [-0.2, -0.15) is 0 Å². The molecule has 0 aliphatic heterocycles. The molecule has 7 N–H and O–H groups in total. The summed E-state index contributed by atoms with van der Waals surface area (Å²) in [7, 11) is 1.75. The van der Waals surface area contributed by atoms with E-state index in [2.05, 4.69) is 82.8 Å². The molecular formula is C73H102N4O4. The summed E-state index contributed by atoms with van der Waals surface area (Å²) in [5.74, 6) is 14.2. The molecule has 4 aromatic carbocycles. The van der Waals surface area contributed by atoms with E-state index in [9.17, 15) is 15.3 Å². The number of aryl methyl sites for hydroxylation is 4. The second-order valence-electron chi connectivity index (χ2n) is 30.9. The quantitative estimate of drug-likeness (QED) is 0.0708. The number of phenols is 3. The molecule has 16 aliphatic rings. The summed E-state index contributed by atoms with van der Waals surface area (Å²) in [5.41, 5.74) is 11.2. The van der Waals surface area contributed by atoms with Crippen molar-refractivity contribution >= 4 is 0 Å². The van der Waals surface area contributed by atoms with Crippen LogP contribution in [0.5, 0.6) is 23.0 Å². The van der Waals surface area contributed by atoms with E-state index in [4.69, 9.17) is 4.74 Å². The van der Waals surface area contributed by atoms with Crippen LogP contribution in [0.4, 0.5) is 0 Å². The molecule has 4 aromatic rings. The van der Waals surface area contributed by atoms with Crippen molar-refractivity contribution in [1.82, 2.24) is 21.3 Å². The van der Waals surface area contributed by atoms with Gasteiger partial charge in [0.05, 0.1) is 7.11 Å². The van der Waals surface area contributed by atoms with E-state index in [1.165, 1.54) is 182 Å². The third kappa shape index (κ3) is 12.5. The van der Waals surface area contributed by atoms with Crippen LogP contribution in [0.1, 0.15) is 199 Å². The maximum absolute atomic E-state index is 9.62. The molecule has 0 saturated heterocycles. The minimum absolute atomic E-state index is 0.406. The van der Waals surface area contributed by atoms with Crippen molar-refractivity contribution in [2.24, 2.45) is 71.0 Å². The van der Waals surface area contributed by atoms with Gasteiger partial charge in [-0.15, -0.1) is 0 Å². The molecule has 16 fully saturated rings. The molecule has 0 unspecified atom stereocenters. The summed E-state index contributed by atoms with van der Waals surface area (Å²) < 4.78 is 5.36. The van der Waals surface area contributed by atoms with Gasteiger partial charge in [-0.25, -0.2) is 0 Å². The normalized spacial score (nSPS) is 38.0. The number of aromatic hydroxyl groups is 3. The van der Waals surface area contributed by atoms with Crippen LogP contribution in [0, 0.1) is 98.7 Å².